The van der Waals surface area contributed by atoms with E-state index in [0.29, 0.717) is 11.8 Å². The normalized spacial score (nSPS) is 10.9. The second kappa shape index (κ2) is 14.1. The van der Waals surface area contributed by atoms with Crippen molar-refractivity contribution in [3.8, 4) is 11.5 Å². The van der Waals surface area contributed by atoms with Crippen molar-refractivity contribution in [1.29, 1.82) is 0 Å². The third-order valence-electron chi connectivity index (χ3n) is 6.50. The zero-order valence-corrected chi connectivity index (χ0v) is 23.4. The summed E-state index contributed by atoms with van der Waals surface area (Å²) in [5, 5.41) is 13.5. The number of anilines is 1. The van der Waals surface area contributed by atoms with Gasteiger partial charge in [-0.25, -0.2) is 14.8 Å². The number of rotatable bonds is 7. The molecular weight excluding hydrogens is 640 g/mol. The fourth-order valence-electron chi connectivity index (χ4n) is 4.37. The first kappa shape index (κ1) is 34.1. The third kappa shape index (κ3) is 7.54. The molecule has 2 N–H and O–H groups in total. The van der Waals surface area contributed by atoms with E-state index in [-0.39, 0.29) is 52.2 Å². The Morgan fingerprint density at radius 2 is 1.43 bits per heavy atom. The Bertz CT molecular complexity index is 2000. The summed E-state index contributed by atoms with van der Waals surface area (Å²) in [6.45, 7) is 0. The Labute approximate surface area is 285 Å². The van der Waals surface area contributed by atoms with Gasteiger partial charge in [-0.3, -0.25) is 4.79 Å². The number of ether oxygens (including phenoxy) is 2. The molecule has 0 bridgehead atoms. The van der Waals surface area contributed by atoms with Gasteiger partial charge in [-0.05, 0) is 47.9 Å². The number of fused-ring (bicyclic) bond motifs is 1. The van der Waals surface area contributed by atoms with Gasteiger partial charge in [-0.1, -0.05) is 60.1 Å². The van der Waals surface area contributed by atoms with Gasteiger partial charge in [-0.2, -0.15) is 13.2 Å². The molecule has 5 rings (SSSR count). The fourth-order valence-corrected chi connectivity index (χ4v) is 4.59. The molecule has 0 aliphatic carbocycles. The minimum atomic E-state index is -4.65. The van der Waals surface area contributed by atoms with Crippen LogP contribution in [0.5, 0.6) is 11.5 Å². The molecule has 46 heavy (non-hydrogen) atoms. The van der Waals surface area contributed by atoms with Gasteiger partial charge in [0.05, 0.1) is 26.6 Å². The number of halogens is 4. The molecule has 0 unspecified atom stereocenters. The van der Waals surface area contributed by atoms with E-state index in [2.05, 4.69) is 5.32 Å². The fraction of sp³-hybridized carbons (Fsp3) is 0.0312. The minimum absolute atomic E-state index is 0. The summed E-state index contributed by atoms with van der Waals surface area (Å²) in [5.41, 5.74) is -2.22. The van der Waals surface area contributed by atoms with E-state index in [0.717, 1.165) is 41.1 Å². The van der Waals surface area contributed by atoms with Crippen molar-refractivity contribution in [3.05, 3.63) is 135 Å². The zero-order chi connectivity index (χ0) is 32.3. The number of alkyl halides is 3. The third-order valence-corrected chi connectivity index (χ3v) is 6.79. The molecule has 0 radical (unpaired) electrons. The van der Waals surface area contributed by atoms with Crippen LogP contribution < -0.4 is 10.1 Å². The number of carbonyl (C=O) groups excluding carboxylic acids is 3. The van der Waals surface area contributed by atoms with Crippen LogP contribution in [0.3, 0.4) is 0 Å². The molecular formula is C32H20ClF3N2NaO7+. The van der Waals surface area contributed by atoms with Crippen LogP contribution in [0.25, 0.3) is 10.8 Å². The molecule has 0 aliphatic rings. The molecule has 228 valence electrons. The molecule has 0 saturated heterocycles. The molecule has 5 aromatic carbocycles. The average molecular weight is 660 g/mol. The number of hydrogen-bond acceptors (Lipinski definition) is 6. The van der Waals surface area contributed by atoms with Gasteiger partial charge in [0.25, 0.3) is 10.8 Å². The van der Waals surface area contributed by atoms with E-state index < -0.39 is 50.8 Å². The molecule has 0 spiro atoms. The van der Waals surface area contributed by atoms with Crippen molar-refractivity contribution in [3.63, 3.8) is 0 Å². The Balaban J connectivity index is 0.00000480. The van der Waals surface area contributed by atoms with Gasteiger partial charge >= 0.3 is 53.4 Å². The van der Waals surface area contributed by atoms with Gasteiger partial charge in [-0.15, -0.1) is 0 Å². The van der Waals surface area contributed by atoms with Crippen molar-refractivity contribution < 1.29 is 47.2 Å². The zero-order valence-electron chi connectivity index (χ0n) is 22.7. The summed E-state index contributed by atoms with van der Waals surface area (Å²) in [4.78, 5) is 50.5. The van der Waals surface area contributed by atoms with Crippen LogP contribution in [0.1, 0.15) is 36.6 Å². The Morgan fingerprint density at radius 3 is 2.13 bits per heavy atom. The first-order chi connectivity index (χ1) is 21.4. The van der Waals surface area contributed by atoms with Crippen molar-refractivity contribution in [2.24, 2.45) is 0 Å². The standard InChI is InChI=1S/C32H18ClF3N2O7.Na.H/c33-25-16-19(32(34,35)36)12-15-28(25)44-20-13-14-27(38(42)43)24(17-20)31(41)45-30(40)23-10-4-3-9-22(23)29(39)37-26-11-5-7-18-6-1-2-8-21(18)26;;/h1-17H,(H-,37,39,42,43);;/p+1. The average Bonchev–Trinajstić information content (AvgIpc) is 3.01. The van der Waals surface area contributed by atoms with Gasteiger partial charge in [0.2, 0.25) is 0 Å². The topological polar surface area (TPSA) is 122 Å². The molecule has 1 amide bonds. The summed E-state index contributed by atoms with van der Waals surface area (Å²) in [6.07, 6.45) is -4.65. The second-order valence-corrected chi connectivity index (χ2v) is 9.81. The van der Waals surface area contributed by atoms with E-state index >= 15 is 0 Å². The predicted octanol–water partition coefficient (Wildman–Crippen LogP) is 7.70. The number of benzene rings is 5. The van der Waals surface area contributed by atoms with Gasteiger partial charge in [0.15, 0.2) is 0 Å². The van der Waals surface area contributed by atoms with Crippen LogP contribution in [0.15, 0.2) is 103 Å². The molecule has 0 aromatic heterocycles. The molecule has 0 atom stereocenters. The summed E-state index contributed by atoms with van der Waals surface area (Å²) in [7, 11) is 0. The van der Waals surface area contributed by atoms with Crippen LogP contribution in [0.2, 0.25) is 5.02 Å². The van der Waals surface area contributed by atoms with E-state index in [1.807, 2.05) is 24.3 Å². The molecule has 0 fully saturated rings. The SMILES string of the molecule is O=C(Nc1cccc2ccccc12)c1ccccc1C(=O)OC(=O)c1cc(Oc2ccc(C(F)(F)F)cc2Cl)ccc1[N+](=O)O.[NaH]. The number of hydrogen-bond donors (Lipinski definition) is 2. The Kier molecular flexibility index (Phi) is 10.5. The van der Waals surface area contributed by atoms with Crippen LogP contribution in [-0.2, 0) is 10.9 Å². The monoisotopic (exact) mass is 659 g/mol. The van der Waals surface area contributed by atoms with Gasteiger partial charge in [0.1, 0.15) is 17.1 Å². The van der Waals surface area contributed by atoms with Crippen molar-refractivity contribution in [2.75, 3.05) is 5.32 Å². The number of nitrogens with zero attached hydrogens (tertiary/aromatic N) is 1. The Hall–Kier alpha value is -4.75. The molecule has 14 heteroatoms. The molecule has 0 heterocycles. The van der Waals surface area contributed by atoms with Gasteiger partial charge in [0, 0.05) is 23.2 Å². The maximum absolute atomic E-state index is 13.2. The quantitative estimate of drug-likeness (QED) is 0.0794. The summed E-state index contributed by atoms with van der Waals surface area (Å²) >= 11 is 5.93. The van der Waals surface area contributed by atoms with Crippen molar-refractivity contribution in [1.82, 2.24) is 0 Å². The van der Waals surface area contributed by atoms with Crippen LogP contribution in [0.4, 0.5) is 24.5 Å². The number of esters is 2. The summed E-state index contributed by atoms with van der Waals surface area (Å²) < 4.78 is 49.4. The maximum atomic E-state index is 13.2. The van der Waals surface area contributed by atoms with E-state index in [9.17, 15) is 37.7 Å². The van der Waals surface area contributed by atoms with Gasteiger partial charge < -0.3 is 14.8 Å². The second-order valence-electron chi connectivity index (χ2n) is 9.40. The van der Waals surface area contributed by atoms with Crippen LogP contribution in [0, 0.1) is 4.91 Å². The summed E-state index contributed by atoms with van der Waals surface area (Å²) in [6, 6.07) is 23.5. The van der Waals surface area contributed by atoms with E-state index in [1.165, 1.54) is 24.3 Å². The van der Waals surface area contributed by atoms with Crippen molar-refractivity contribution >= 4 is 81.2 Å². The first-order valence-electron chi connectivity index (χ1n) is 12.9. The molecule has 0 saturated carbocycles. The van der Waals surface area contributed by atoms with Crippen LogP contribution in [-0.4, -0.2) is 57.5 Å². The number of amides is 1. The first-order valence-corrected chi connectivity index (χ1v) is 13.3. The number of carbonyl (C=O) groups is 3. The van der Waals surface area contributed by atoms with Crippen molar-refractivity contribution in [2.45, 2.75) is 6.18 Å². The summed E-state index contributed by atoms with van der Waals surface area (Å²) in [5.74, 6) is -3.74. The van der Waals surface area contributed by atoms with E-state index in [4.69, 9.17) is 21.1 Å². The van der Waals surface area contributed by atoms with Crippen LogP contribution >= 0.6 is 11.6 Å². The Morgan fingerprint density at radius 1 is 0.783 bits per heavy atom. The number of nitrogens with one attached hydrogen (secondary N) is 1. The van der Waals surface area contributed by atoms with E-state index in [1.54, 1.807) is 18.2 Å². The predicted molar refractivity (Wildman–Crippen MR) is 163 cm³/mol. The molecule has 0 aliphatic heterocycles. The molecule has 5 aromatic rings. The molecule has 9 nitrogen and oxygen atoms in total.